The molecule has 0 saturated carbocycles. The Hall–Kier alpha value is -3.57. The summed E-state index contributed by atoms with van der Waals surface area (Å²) < 4.78 is 4.98. The number of nitro groups is 1. The summed E-state index contributed by atoms with van der Waals surface area (Å²) in [6.07, 6.45) is 0. The molecule has 2 aromatic carbocycles. The number of rotatable bonds is 7. The molecule has 0 atom stereocenters. The number of nitrogens with one attached hydrogen (secondary N) is 1. The molecule has 0 radical (unpaired) electrons. The first kappa shape index (κ1) is 21.7. The Balaban J connectivity index is 1.49. The van der Waals surface area contributed by atoms with Gasteiger partial charge in [-0.1, -0.05) is 29.4 Å². The van der Waals surface area contributed by atoms with E-state index in [2.05, 4.69) is 20.4 Å². The van der Waals surface area contributed by atoms with Gasteiger partial charge in [-0.25, -0.2) is 4.98 Å². The van der Waals surface area contributed by atoms with Gasteiger partial charge < -0.3 is 4.52 Å². The zero-order valence-corrected chi connectivity index (χ0v) is 18.7. The van der Waals surface area contributed by atoms with Crippen LogP contribution in [-0.4, -0.2) is 26.0 Å². The van der Waals surface area contributed by atoms with Gasteiger partial charge in [0.25, 0.3) is 11.6 Å². The van der Waals surface area contributed by atoms with Crippen LogP contribution in [0.3, 0.4) is 0 Å². The Kier molecular flexibility index (Phi) is 6.28. The Morgan fingerprint density at radius 1 is 1.22 bits per heavy atom. The van der Waals surface area contributed by atoms with Crippen molar-refractivity contribution in [3.05, 3.63) is 80.8 Å². The third-order valence-electron chi connectivity index (χ3n) is 4.48. The molecule has 0 aliphatic heterocycles. The number of amides is 1. The molecular weight excluding hydrogens is 450 g/mol. The van der Waals surface area contributed by atoms with Crippen molar-refractivity contribution in [1.29, 1.82) is 0 Å². The van der Waals surface area contributed by atoms with Crippen LogP contribution in [0.25, 0.3) is 11.3 Å². The Bertz CT molecular complexity index is 1300. The van der Waals surface area contributed by atoms with Crippen LogP contribution in [0.1, 0.15) is 27.6 Å². The van der Waals surface area contributed by atoms with Crippen molar-refractivity contribution < 1.29 is 14.2 Å². The van der Waals surface area contributed by atoms with Crippen LogP contribution in [0.2, 0.25) is 0 Å². The standard InChI is InChI=1S/C21H17N5O4S2/c1-12-7-8-14(9-17(12)26(28)29)16-10-32-21(23-16)24-20(27)15-5-3-4-6-18(15)31-11-19-22-13(2)30-25-19/h3-10H,11H2,1-2H3,(H,23,24,27). The third-order valence-corrected chi connectivity index (χ3v) is 6.31. The maximum atomic E-state index is 12.9. The third kappa shape index (κ3) is 4.84. The minimum Gasteiger partial charge on any atom is -0.340 e. The largest absolute Gasteiger partial charge is 0.340 e. The highest BCUT2D eigenvalue weighted by Gasteiger charge is 2.17. The van der Waals surface area contributed by atoms with Crippen LogP contribution in [0.4, 0.5) is 10.8 Å². The van der Waals surface area contributed by atoms with Crippen LogP contribution in [-0.2, 0) is 5.75 Å². The molecule has 0 saturated heterocycles. The maximum absolute atomic E-state index is 12.9. The molecule has 162 valence electrons. The summed E-state index contributed by atoms with van der Waals surface area (Å²) in [5.41, 5.74) is 2.28. The average molecular weight is 468 g/mol. The summed E-state index contributed by atoms with van der Waals surface area (Å²) >= 11 is 2.69. The minimum absolute atomic E-state index is 0.0313. The molecule has 0 aliphatic rings. The van der Waals surface area contributed by atoms with Gasteiger partial charge in [0.1, 0.15) is 0 Å². The average Bonchev–Trinajstić information content (AvgIpc) is 3.41. The molecule has 32 heavy (non-hydrogen) atoms. The van der Waals surface area contributed by atoms with Crippen LogP contribution >= 0.6 is 23.1 Å². The lowest BCUT2D eigenvalue weighted by atomic mass is 10.1. The molecule has 1 amide bonds. The molecule has 0 aliphatic carbocycles. The highest BCUT2D eigenvalue weighted by atomic mass is 32.2. The van der Waals surface area contributed by atoms with E-state index in [9.17, 15) is 14.9 Å². The van der Waals surface area contributed by atoms with E-state index in [1.54, 1.807) is 43.5 Å². The Labute approximate surface area is 191 Å². The minimum atomic E-state index is -0.418. The van der Waals surface area contributed by atoms with Crippen molar-refractivity contribution in [1.82, 2.24) is 15.1 Å². The van der Waals surface area contributed by atoms with E-state index in [-0.39, 0.29) is 11.6 Å². The van der Waals surface area contributed by atoms with Crippen LogP contribution < -0.4 is 5.32 Å². The monoisotopic (exact) mass is 467 g/mol. The van der Waals surface area contributed by atoms with E-state index >= 15 is 0 Å². The normalized spacial score (nSPS) is 10.8. The number of benzene rings is 2. The molecule has 0 spiro atoms. The number of nitrogens with zero attached hydrogens (tertiary/aromatic N) is 4. The molecule has 0 unspecified atom stereocenters. The van der Waals surface area contributed by atoms with Gasteiger partial charge in [0.05, 0.1) is 21.9 Å². The first-order valence-electron chi connectivity index (χ1n) is 9.44. The molecule has 0 fully saturated rings. The number of carbonyl (C=O) groups excluding carboxylic acids is 1. The number of aryl methyl sites for hydroxylation is 2. The van der Waals surface area contributed by atoms with Gasteiger partial charge in [0.2, 0.25) is 5.89 Å². The highest BCUT2D eigenvalue weighted by molar-refractivity contribution is 7.98. The second-order valence-corrected chi connectivity index (χ2v) is 8.64. The number of thioether (sulfide) groups is 1. The van der Waals surface area contributed by atoms with Gasteiger partial charge in [-0.2, -0.15) is 4.98 Å². The fourth-order valence-corrected chi connectivity index (χ4v) is 4.52. The number of aromatic nitrogens is 3. The second kappa shape index (κ2) is 9.28. The van der Waals surface area contributed by atoms with E-state index < -0.39 is 4.92 Å². The van der Waals surface area contributed by atoms with Crippen molar-refractivity contribution >= 4 is 39.8 Å². The lowest BCUT2D eigenvalue weighted by Crippen LogP contribution is -2.12. The summed E-state index contributed by atoms with van der Waals surface area (Å²) in [5, 5.41) is 20.0. The van der Waals surface area contributed by atoms with Crippen molar-refractivity contribution in [3.63, 3.8) is 0 Å². The number of thiazole rings is 1. The molecule has 4 aromatic rings. The molecule has 11 heteroatoms. The highest BCUT2D eigenvalue weighted by Crippen LogP contribution is 2.30. The first-order chi connectivity index (χ1) is 15.4. The number of hydrogen-bond acceptors (Lipinski definition) is 9. The Morgan fingerprint density at radius 3 is 2.78 bits per heavy atom. The molecule has 9 nitrogen and oxygen atoms in total. The molecule has 2 heterocycles. The zero-order chi connectivity index (χ0) is 22.7. The molecule has 1 N–H and O–H groups in total. The summed E-state index contributed by atoms with van der Waals surface area (Å²) in [5.74, 6) is 1.22. The smallest absolute Gasteiger partial charge is 0.272 e. The van der Waals surface area contributed by atoms with Gasteiger partial charge in [0.15, 0.2) is 11.0 Å². The first-order valence-corrected chi connectivity index (χ1v) is 11.3. The molecule has 2 aromatic heterocycles. The Morgan fingerprint density at radius 2 is 2.03 bits per heavy atom. The van der Waals surface area contributed by atoms with E-state index in [1.807, 2.05) is 12.1 Å². The quantitative estimate of drug-likeness (QED) is 0.222. The van der Waals surface area contributed by atoms with Crippen LogP contribution in [0, 0.1) is 24.0 Å². The van der Waals surface area contributed by atoms with Crippen molar-refractivity contribution in [3.8, 4) is 11.3 Å². The van der Waals surface area contributed by atoms with E-state index in [1.165, 1.54) is 29.2 Å². The second-order valence-electron chi connectivity index (χ2n) is 6.76. The maximum Gasteiger partial charge on any atom is 0.272 e. The fraction of sp³-hybridized carbons (Fsp3) is 0.143. The topological polar surface area (TPSA) is 124 Å². The summed E-state index contributed by atoms with van der Waals surface area (Å²) in [4.78, 5) is 33.1. The van der Waals surface area contributed by atoms with Crippen molar-refractivity contribution in [2.45, 2.75) is 24.5 Å². The van der Waals surface area contributed by atoms with Crippen LogP contribution in [0.5, 0.6) is 0 Å². The predicted octanol–water partition coefficient (Wildman–Crippen LogP) is 5.26. The van der Waals surface area contributed by atoms with Crippen molar-refractivity contribution in [2.24, 2.45) is 0 Å². The molecule has 4 rings (SSSR count). The predicted molar refractivity (Wildman–Crippen MR) is 122 cm³/mol. The zero-order valence-electron chi connectivity index (χ0n) is 17.1. The van der Waals surface area contributed by atoms with Gasteiger partial charge in [-0.3, -0.25) is 20.2 Å². The summed E-state index contributed by atoms with van der Waals surface area (Å²) in [7, 11) is 0. The van der Waals surface area contributed by atoms with Crippen molar-refractivity contribution in [2.75, 3.05) is 5.32 Å². The fourth-order valence-electron chi connectivity index (χ4n) is 2.92. The van der Waals surface area contributed by atoms with Crippen LogP contribution in [0.15, 0.2) is 57.3 Å². The van der Waals surface area contributed by atoms with Gasteiger partial charge in [-0.05, 0) is 19.1 Å². The van der Waals surface area contributed by atoms with Gasteiger partial charge in [0, 0.05) is 34.4 Å². The van der Waals surface area contributed by atoms with E-state index in [4.69, 9.17) is 4.52 Å². The lowest BCUT2D eigenvalue weighted by Gasteiger charge is -2.07. The van der Waals surface area contributed by atoms with E-state index in [0.29, 0.717) is 45.0 Å². The van der Waals surface area contributed by atoms with E-state index in [0.717, 1.165) is 4.90 Å². The van der Waals surface area contributed by atoms with Gasteiger partial charge in [-0.15, -0.1) is 23.1 Å². The van der Waals surface area contributed by atoms with Gasteiger partial charge >= 0.3 is 0 Å². The molecule has 0 bridgehead atoms. The number of hydrogen-bond donors (Lipinski definition) is 1. The number of anilines is 1. The number of carbonyl (C=O) groups is 1. The summed E-state index contributed by atoms with van der Waals surface area (Å²) in [6.45, 7) is 3.41. The lowest BCUT2D eigenvalue weighted by molar-refractivity contribution is -0.385. The number of nitro benzene ring substituents is 1. The SMILES string of the molecule is Cc1nc(CSc2ccccc2C(=O)Nc2nc(-c3ccc(C)c([N+](=O)[O-])c3)cs2)no1. The summed E-state index contributed by atoms with van der Waals surface area (Å²) in [6, 6.07) is 12.2. The molecular formula is C21H17N5O4S2.